The molecule has 3 rings (SSSR count). The quantitative estimate of drug-likeness (QED) is 0.610. The van der Waals surface area contributed by atoms with Gasteiger partial charge in [-0.1, -0.05) is 38.5 Å². The second-order valence-corrected chi connectivity index (χ2v) is 7.83. The minimum Gasteiger partial charge on any atom is -0.359 e. The lowest BCUT2D eigenvalue weighted by Crippen LogP contribution is -2.44. The Labute approximate surface area is 146 Å². The number of hydrazone groups is 1. The molecular weight excluding hydrogens is 304 g/mol. The van der Waals surface area contributed by atoms with E-state index in [1.54, 1.807) is 0 Å². The molecule has 0 aromatic rings. The van der Waals surface area contributed by atoms with Gasteiger partial charge in [0.15, 0.2) is 5.11 Å². The van der Waals surface area contributed by atoms with Gasteiger partial charge >= 0.3 is 0 Å². The van der Waals surface area contributed by atoms with E-state index in [1.165, 1.54) is 83.0 Å². The average molecular weight is 337 g/mol. The van der Waals surface area contributed by atoms with Crippen LogP contribution in [0.5, 0.6) is 0 Å². The highest BCUT2D eigenvalue weighted by molar-refractivity contribution is 7.80. The van der Waals surface area contributed by atoms with Crippen molar-refractivity contribution in [1.29, 1.82) is 0 Å². The summed E-state index contributed by atoms with van der Waals surface area (Å²) in [4.78, 5) is 2.69. The minimum atomic E-state index is 0.553. The van der Waals surface area contributed by atoms with Crippen molar-refractivity contribution in [2.75, 3.05) is 13.1 Å². The number of rotatable bonds is 3. The van der Waals surface area contributed by atoms with E-state index in [-0.39, 0.29) is 0 Å². The lowest BCUT2D eigenvalue weighted by molar-refractivity contribution is 0.155. The summed E-state index contributed by atoms with van der Waals surface area (Å²) in [6.07, 6.45) is 15.8. The first-order chi connectivity index (χ1) is 11.3. The van der Waals surface area contributed by atoms with Gasteiger partial charge in [0, 0.05) is 43.7 Å². The summed E-state index contributed by atoms with van der Waals surface area (Å²) in [6.45, 7) is 2.35. The van der Waals surface area contributed by atoms with Crippen LogP contribution in [-0.2, 0) is 0 Å². The summed E-state index contributed by atoms with van der Waals surface area (Å²) in [5.41, 5.74) is 4.37. The van der Waals surface area contributed by atoms with Crippen molar-refractivity contribution in [2.45, 2.75) is 89.1 Å². The molecule has 1 aliphatic heterocycles. The molecule has 0 bridgehead atoms. The van der Waals surface area contributed by atoms with E-state index >= 15 is 0 Å². The zero-order valence-corrected chi connectivity index (χ0v) is 15.2. The van der Waals surface area contributed by atoms with Crippen LogP contribution in [0, 0.1) is 0 Å². The fourth-order valence-electron chi connectivity index (χ4n) is 4.30. The van der Waals surface area contributed by atoms with E-state index < -0.39 is 0 Å². The van der Waals surface area contributed by atoms with E-state index in [2.05, 4.69) is 20.7 Å². The molecule has 130 valence electrons. The number of nitrogens with one attached hydrogen (secondary N) is 2. The fourth-order valence-corrected chi connectivity index (χ4v) is 4.51. The largest absolute Gasteiger partial charge is 0.359 e. The first-order valence-electron chi connectivity index (χ1n) is 9.67. The number of nitrogens with zero attached hydrogens (tertiary/aromatic N) is 2. The van der Waals surface area contributed by atoms with Crippen LogP contribution in [0.15, 0.2) is 5.10 Å². The van der Waals surface area contributed by atoms with Crippen molar-refractivity contribution >= 4 is 23.0 Å². The molecule has 3 fully saturated rings. The maximum Gasteiger partial charge on any atom is 0.187 e. The van der Waals surface area contributed by atoms with E-state index in [1.807, 2.05) is 0 Å². The number of thiocarbonyl (C=S) groups is 1. The molecule has 2 aliphatic carbocycles. The molecular formula is C18H32N4S. The predicted molar refractivity (Wildman–Crippen MR) is 101 cm³/mol. The van der Waals surface area contributed by atoms with Crippen molar-refractivity contribution in [3.05, 3.63) is 0 Å². The van der Waals surface area contributed by atoms with Gasteiger partial charge in [-0.25, -0.2) is 0 Å². The molecule has 4 nitrogen and oxygen atoms in total. The van der Waals surface area contributed by atoms with Gasteiger partial charge in [0.25, 0.3) is 0 Å². The third-order valence-electron chi connectivity index (χ3n) is 5.72. The van der Waals surface area contributed by atoms with Gasteiger partial charge in [-0.15, -0.1) is 0 Å². The smallest absolute Gasteiger partial charge is 0.187 e. The second-order valence-electron chi connectivity index (χ2n) is 7.43. The highest BCUT2D eigenvalue weighted by Crippen LogP contribution is 2.24. The average Bonchev–Trinajstić information content (AvgIpc) is 2.62. The molecule has 0 unspecified atom stereocenters. The third-order valence-corrected chi connectivity index (χ3v) is 5.93. The lowest BCUT2D eigenvalue weighted by Gasteiger charge is -2.37. The Morgan fingerprint density at radius 2 is 1.52 bits per heavy atom. The monoisotopic (exact) mass is 336 g/mol. The Hall–Kier alpha value is -0.680. The summed E-state index contributed by atoms with van der Waals surface area (Å²) in [5, 5.41) is 8.69. The van der Waals surface area contributed by atoms with Crippen LogP contribution in [0.25, 0.3) is 0 Å². The molecule has 2 saturated carbocycles. The first kappa shape index (κ1) is 17.2. The first-order valence-corrected chi connectivity index (χ1v) is 10.1. The van der Waals surface area contributed by atoms with Crippen molar-refractivity contribution in [2.24, 2.45) is 5.10 Å². The highest BCUT2D eigenvalue weighted by Gasteiger charge is 2.24. The number of hydrogen-bond acceptors (Lipinski definition) is 3. The summed E-state index contributed by atoms with van der Waals surface area (Å²) in [5.74, 6) is 0. The molecule has 0 atom stereocenters. The van der Waals surface area contributed by atoms with Crippen molar-refractivity contribution in [3.63, 3.8) is 0 Å². The Balaban J connectivity index is 1.36. The fraction of sp³-hybridized carbons (Fsp3) is 0.889. The zero-order valence-electron chi connectivity index (χ0n) is 14.4. The molecule has 2 N–H and O–H groups in total. The van der Waals surface area contributed by atoms with Gasteiger partial charge in [0.05, 0.1) is 0 Å². The molecule has 3 aliphatic rings. The zero-order chi connectivity index (χ0) is 15.9. The van der Waals surface area contributed by atoms with Crippen molar-refractivity contribution < 1.29 is 0 Å². The Bertz CT molecular complexity index is 401. The maximum atomic E-state index is 5.39. The Kier molecular flexibility index (Phi) is 6.69. The Morgan fingerprint density at radius 3 is 2.17 bits per heavy atom. The van der Waals surface area contributed by atoms with Crippen LogP contribution >= 0.6 is 12.2 Å². The summed E-state index contributed by atoms with van der Waals surface area (Å²) in [7, 11) is 0. The van der Waals surface area contributed by atoms with E-state index in [0.717, 1.165) is 18.9 Å². The van der Waals surface area contributed by atoms with Gasteiger partial charge in [0.1, 0.15) is 0 Å². The van der Waals surface area contributed by atoms with Crippen molar-refractivity contribution in [3.8, 4) is 0 Å². The van der Waals surface area contributed by atoms with E-state index in [4.69, 9.17) is 12.2 Å². The normalized spacial score (nSPS) is 25.1. The SMILES string of the molecule is S=C(NN=C1CCN(C2CCCCC2)CC1)NC1CCCCC1. The molecule has 0 spiro atoms. The molecule has 1 heterocycles. The number of piperidine rings is 1. The predicted octanol–water partition coefficient (Wildman–Crippen LogP) is 3.57. The minimum absolute atomic E-state index is 0.553. The molecule has 0 radical (unpaired) electrons. The Morgan fingerprint density at radius 1 is 0.913 bits per heavy atom. The van der Waals surface area contributed by atoms with Gasteiger partial charge in [-0.3, -0.25) is 10.3 Å². The molecule has 0 aromatic heterocycles. The summed E-state index contributed by atoms with van der Waals surface area (Å²) in [6, 6.07) is 1.39. The van der Waals surface area contributed by atoms with Gasteiger partial charge < -0.3 is 5.32 Å². The van der Waals surface area contributed by atoms with Crippen LogP contribution in [-0.4, -0.2) is 40.9 Å². The van der Waals surface area contributed by atoms with Gasteiger partial charge in [-0.2, -0.15) is 5.10 Å². The summed E-state index contributed by atoms with van der Waals surface area (Å²) < 4.78 is 0. The number of likely N-dealkylation sites (tertiary alicyclic amines) is 1. The molecule has 23 heavy (non-hydrogen) atoms. The molecule has 0 aromatic carbocycles. The number of hydrogen-bond donors (Lipinski definition) is 2. The van der Waals surface area contributed by atoms with Crippen molar-refractivity contribution in [1.82, 2.24) is 15.6 Å². The molecule has 1 saturated heterocycles. The molecule has 5 heteroatoms. The topological polar surface area (TPSA) is 39.7 Å². The van der Waals surface area contributed by atoms with Crippen LogP contribution in [0.1, 0.15) is 77.0 Å². The molecule has 0 amide bonds. The lowest BCUT2D eigenvalue weighted by atomic mass is 9.92. The summed E-state index contributed by atoms with van der Waals surface area (Å²) >= 11 is 5.39. The highest BCUT2D eigenvalue weighted by atomic mass is 32.1. The second kappa shape index (κ2) is 8.97. The van der Waals surface area contributed by atoms with Gasteiger partial charge in [-0.05, 0) is 37.9 Å². The van der Waals surface area contributed by atoms with Crippen LogP contribution in [0.4, 0.5) is 0 Å². The third kappa shape index (κ3) is 5.42. The van der Waals surface area contributed by atoms with E-state index in [0.29, 0.717) is 11.2 Å². The van der Waals surface area contributed by atoms with Crippen LogP contribution in [0.3, 0.4) is 0 Å². The van der Waals surface area contributed by atoms with E-state index in [9.17, 15) is 0 Å². The standard InChI is InChI=1S/C18H32N4S/c23-18(19-15-7-3-1-4-8-15)21-20-16-11-13-22(14-12-16)17-9-5-2-6-10-17/h15,17H,1-14H2,(H2,19,21,23). The van der Waals surface area contributed by atoms with Crippen LogP contribution < -0.4 is 10.7 Å². The van der Waals surface area contributed by atoms with Gasteiger partial charge in [0.2, 0.25) is 0 Å². The maximum absolute atomic E-state index is 5.39. The van der Waals surface area contributed by atoms with Crippen LogP contribution in [0.2, 0.25) is 0 Å².